The van der Waals surface area contributed by atoms with Crippen molar-refractivity contribution in [1.82, 2.24) is 0 Å². The Morgan fingerprint density at radius 1 is 1.20 bits per heavy atom. The van der Waals surface area contributed by atoms with Crippen LogP contribution in [0.5, 0.6) is 0 Å². The molecular weight excluding hydrogens is 409 g/mol. The smallest absolute Gasteiger partial charge is 0 e. The summed E-state index contributed by atoms with van der Waals surface area (Å²) in [6.45, 7) is 0. The van der Waals surface area contributed by atoms with Crippen LogP contribution in [0.2, 0.25) is 0 Å². The van der Waals surface area contributed by atoms with Gasteiger partial charge in [-0.3, -0.25) is 0 Å². The maximum atomic E-state index is 8.30. The molecule has 0 amide bonds. The Morgan fingerprint density at radius 3 is 1.20 bits per heavy atom. The van der Waals surface area contributed by atoms with Crippen LogP contribution in [0.15, 0.2) is 0 Å². The van der Waals surface area contributed by atoms with Crippen LogP contribution >= 0.6 is 0 Å². The molecule has 0 aromatic heterocycles. The maximum Gasteiger partial charge on any atom is 0 e. The molecule has 0 spiro atoms. The average molecular weight is 412 g/mol. The summed E-state index contributed by atoms with van der Waals surface area (Å²) in [6, 6.07) is 0. The summed E-state index contributed by atoms with van der Waals surface area (Å²) in [6.07, 6.45) is 0. The first kappa shape index (κ1) is 26.3. The van der Waals surface area contributed by atoms with Gasteiger partial charge >= 0.3 is 24.3 Å². The van der Waals surface area contributed by atoms with Crippen LogP contribution in [0, 0.1) is 0 Å². The second-order valence-electron chi connectivity index (χ2n) is 0. The molecule has 1 nitrogen and oxygen atoms in total. The minimum atomic E-state index is 0. The predicted octanol–water partition coefficient (Wildman–Crippen LogP) is -1.31. The van der Waals surface area contributed by atoms with Crippen molar-refractivity contribution in [3.63, 3.8) is 0 Å². The van der Waals surface area contributed by atoms with E-state index in [4.69, 9.17) is 3.25 Å². The van der Waals surface area contributed by atoms with Gasteiger partial charge in [0.15, 0.2) is 0 Å². The summed E-state index contributed by atoms with van der Waals surface area (Å²) in [5.74, 6) is 0. The van der Waals surface area contributed by atoms with Crippen LogP contribution < -0.4 is 0 Å². The van der Waals surface area contributed by atoms with Crippen molar-refractivity contribution in [2.45, 2.75) is 0 Å². The van der Waals surface area contributed by atoms with Crippen LogP contribution in [0.1, 0.15) is 0 Å². The summed E-state index contributed by atoms with van der Waals surface area (Å²) in [5.41, 5.74) is 0. The summed E-state index contributed by atoms with van der Waals surface area (Å²) in [7, 11) is 0. The zero-order valence-electron chi connectivity index (χ0n) is 2.80. The van der Waals surface area contributed by atoms with Crippen LogP contribution in [0.4, 0.5) is 0 Å². The molecule has 2 radical (unpaired) electrons. The molecule has 0 fully saturated rings. The van der Waals surface area contributed by atoms with Gasteiger partial charge in [-0.05, 0) is 11.0 Å². The largest absolute Gasteiger partial charge is 0.0125 e. The van der Waals surface area contributed by atoms with Gasteiger partial charge in [0.25, 0.3) is 0 Å². The van der Waals surface area contributed by atoms with Crippen LogP contribution in [-0.2, 0) is 72.9 Å². The first-order valence-electron chi connectivity index (χ1n) is 0.183. The topological polar surface area (TPSA) is 17.1 Å². The second kappa shape index (κ2) is 32.6. The molecule has 0 aliphatic heterocycles. The van der Waals surface area contributed by atoms with Gasteiger partial charge in [-0.25, -0.2) is 0 Å². The fourth-order valence-corrected chi connectivity index (χ4v) is 0. The molecule has 0 aromatic rings. The van der Waals surface area contributed by atoms with Gasteiger partial charge in [0, 0.05) is 48.6 Å². The summed E-state index contributed by atoms with van der Waals surface area (Å²) >= 11 is 0.500. The van der Waals surface area contributed by atoms with Crippen molar-refractivity contribution < 1.29 is 72.9 Å². The van der Waals surface area contributed by atoms with Gasteiger partial charge in [0.05, 0.1) is 0 Å². The van der Waals surface area contributed by atoms with E-state index < -0.39 is 0 Å². The minimum Gasteiger partial charge on any atom is -0.0125 e. The molecule has 0 saturated heterocycles. The molecule has 0 heterocycles. The molecule has 0 unspecified atom stereocenters. The fourth-order valence-electron chi connectivity index (χ4n) is 0. The van der Waals surface area contributed by atoms with Crippen LogP contribution in [0.25, 0.3) is 0 Å². The van der Waals surface area contributed by atoms with E-state index in [1.54, 1.807) is 0 Å². The van der Waals surface area contributed by atoms with Crippen molar-refractivity contribution in [3.05, 3.63) is 0 Å². The number of hydrogen-bond donors (Lipinski definition) is 0. The van der Waals surface area contributed by atoms with E-state index in [2.05, 4.69) is 0 Å². The number of rotatable bonds is 0. The summed E-state index contributed by atoms with van der Waals surface area (Å²) in [5, 5.41) is 0. The maximum absolute atomic E-state index is 8.30. The monoisotopic (exact) mass is 411 g/mol. The molecule has 0 saturated carbocycles. The molecule has 5 heavy (non-hydrogen) atoms. The Labute approximate surface area is 82.6 Å². The molecule has 0 bridgehead atoms. The van der Waals surface area contributed by atoms with E-state index in [9.17, 15) is 0 Å². The van der Waals surface area contributed by atoms with Gasteiger partial charge < -0.3 is 0 Å². The normalized spacial score (nSPS) is 0.600. The third-order valence-electron chi connectivity index (χ3n) is 0. The standard InChI is InChI=1S/Nb.O.H3Si.Ta.Zr/h;;1H3;;. The summed E-state index contributed by atoms with van der Waals surface area (Å²) < 4.78 is 8.30. The van der Waals surface area contributed by atoms with Gasteiger partial charge in [-0.2, -0.15) is 0 Å². The van der Waals surface area contributed by atoms with E-state index in [1.807, 2.05) is 0 Å². The molecule has 0 rings (SSSR count). The molecule has 0 aliphatic carbocycles. The van der Waals surface area contributed by atoms with Gasteiger partial charge in [0.1, 0.15) is 0 Å². The SMILES string of the molecule is [O]=[Nb].[SiH3].[Ta].[Zr]. The summed E-state index contributed by atoms with van der Waals surface area (Å²) in [4.78, 5) is 0. The Hall–Kier alpha value is 2.38. The quantitative estimate of drug-likeness (QED) is 0.452. The van der Waals surface area contributed by atoms with E-state index in [0.29, 0.717) is 21.0 Å². The van der Waals surface area contributed by atoms with Crippen molar-refractivity contribution >= 4 is 11.0 Å². The molecular formula is H3NbOSiTaZr. The van der Waals surface area contributed by atoms with Gasteiger partial charge in [0.2, 0.25) is 0 Å². The third kappa shape index (κ3) is 21.6. The first-order chi connectivity index (χ1) is 1.00. The predicted molar refractivity (Wildman–Crippen MR) is 10.6 cm³/mol. The minimum absolute atomic E-state index is 0. The third-order valence-corrected chi connectivity index (χ3v) is 0. The Bertz CT molecular complexity index is 11.6. The van der Waals surface area contributed by atoms with Crippen molar-refractivity contribution in [2.24, 2.45) is 0 Å². The number of hydrogen-bond acceptors (Lipinski definition) is 1. The molecule has 27 valence electrons. The Morgan fingerprint density at radius 2 is 1.20 bits per heavy atom. The molecule has 0 atom stereocenters. The first-order valence-corrected chi connectivity index (χ1v) is 1.08. The average Bonchev–Trinajstić information content (AvgIpc) is 1.00. The van der Waals surface area contributed by atoms with Crippen LogP contribution in [0.3, 0.4) is 0 Å². The zero-order valence-corrected chi connectivity index (χ0v) is 12.7. The Kier molecular flexibility index (Phi) is 171. The van der Waals surface area contributed by atoms with E-state index in [0.717, 1.165) is 0 Å². The van der Waals surface area contributed by atoms with Crippen molar-refractivity contribution in [3.8, 4) is 0 Å². The fraction of sp³-hybridized carbons (Fsp3) is 0. The zero-order chi connectivity index (χ0) is 2.00. The van der Waals surface area contributed by atoms with Crippen LogP contribution in [-0.4, -0.2) is 11.0 Å². The van der Waals surface area contributed by atoms with Gasteiger partial charge in [-0.15, -0.1) is 0 Å². The second-order valence-corrected chi connectivity index (χ2v) is 0. The molecule has 5 heteroatoms. The van der Waals surface area contributed by atoms with Crippen molar-refractivity contribution in [2.75, 3.05) is 0 Å². The molecule has 0 N–H and O–H groups in total. The molecule has 0 aromatic carbocycles. The van der Waals surface area contributed by atoms with Crippen molar-refractivity contribution in [1.29, 1.82) is 0 Å². The van der Waals surface area contributed by atoms with E-state index >= 15 is 0 Å². The van der Waals surface area contributed by atoms with E-state index in [1.165, 1.54) is 0 Å². The molecule has 0 aliphatic rings. The van der Waals surface area contributed by atoms with E-state index in [-0.39, 0.29) is 59.5 Å². The Balaban J connectivity index is -0.00000000167. The van der Waals surface area contributed by atoms with Gasteiger partial charge in [-0.1, -0.05) is 0 Å².